The number of hydrogen-bond donors (Lipinski definition) is 3. The third-order valence-electron chi connectivity index (χ3n) is 3.74. The summed E-state index contributed by atoms with van der Waals surface area (Å²) < 4.78 is 31.5. The highest BCUT2D eigenvalue weighted by atomic mass is 32.2. The van der Waals surface area contributed by atoms with Crippen LogP contribution in [0.2, 0.25) is 0 Å². The Kier molecular flexibility index (Phi) is 7.53. The minimum Gasteiger partial charge on any atom is -0.481 e. The molecule has 9 heteroatoms. The van der Waals surface area contributed by atoms with Crippen molar-refractivity contribution >= 4 is 21.9 Å². The molecule has 1 aromatic rings. The van der Waals surface area contributed by atoms with Crippen molar-refractivity contribution < 1.29 is 27.9 Å². The lowest BCUT2D eigenvalue weighted by Gasteiger charge is -2.28. The van der Waals surface area contributed by atoms with Crippen molar-refractivity contribution in [2.75, 3.05) is 20.3 Å². The number of methoxy groups -OCH3 is 1. The summed E-state index contributed by atoms with van der Waals surface area (Å²) >= 11 is 0. The van der Waals surface area contributed by atoms with Gasteiger partial charge in [-0.2, -0.15) is 0 Å². The van der Waals surface area contributed by atoms with E-state index in [9.17, 15) is 18.0 Å². The van der Waals surface area contributed by atoms with E-state index in [0.29, 0.717) is 6.42 Å². The quantitative estimate of drug-likeness (QED) is 0.527. The molecule has 0 aromatic heterocycles. The van der Waals surface area contributed by atoms with Crippen molar-refractivity contribution in [1.82, 2.24) is 10.0 Å². The van der Waals surface area contributed by atoms with Gasteiger partial charge in [-0.3, -0.25) is 9.59 Å². The van der Waals surface area contributed by atoms with Gasteiger partial charge in [0.25, 0.3) is 5.91 Å². The highest BCUT2D eigenvalue weighted by molar-refractivity contribution is 7.89. The van der Waals surface area contributed by atoms with E-state index in [1.165, 1.54) is 31.4 Å². The third kappa shape index (κ3) is 6.45. The highest BCUT2D eigenvalue weighted by Crippen LogP contribution is 2.17. The lowest BCUT2D eigenvalue weighted by molar-refractivity contribution is -0.138. The molecular weight excluding hydrogens is 348 g/mol. The predicted molar refractivity (Wildman–Crippen MR) is 91.9 cm³/mol. The Morgan fingerprint density at radius 1 is 1.32 bits per heavy atom. The number of hydrogen-bond acceptors (Lipinski definition) is 5. The molecule has 0 aliphatic carbocycles. The van der Waals surface area contributed by atoms with Crippen LogP contribution in [0, 0.1) is 0 Å². The molecule has 1 amide bonds. The van der Waals surface area contributed by atoms with E-state index in [1.54, 1.807) is 13.8 Å². The number of rotatable bonds is 10. The molecule has 25 heavy (non-hydrogen) atoms. The van der Waals surface area contributed by atoms with E-state index in [1.807, 2.05) is 0 Å². The summed E-state index contributed by atoms with van der Waals surface area (Å²) in [5.74, 6) is -1.55. The van der Waals surface area contributed by atoms with Gasteiger partial charge >= 0.3 is 5.97 Å². The molecule has 3 N–H and O–H groups in total. The standard InChI is InChI=1S/C16H24N2O6S/c1-4-16(2,11-14(19)20)18-15(21)12-6-5-7-13(10-12)25(22,23)17-8-9-24-3/h5-7,10,17H,4,8-9,11H2,1-3H3,(H,18,21)(H,19,20). The number of carbonyl (C=O) groups excluding carboxylic acids is 1. The first-order valence-corrected chi connectivity index (χ1v) is 9.25. The normalized spacial score (nSPS) is 13.9. The SMILES string of the molecule is CCC(C)(CC(=O)O)NC(=O)c1cccc(S(=O)(=O)NCCOC)c1. The molecular formula is C16H24N2O6S. The summed E-state index contributed by atoms with van der Waals surface area (Å²) in [6, 6.07) is 5.56. The molecule has 0 aliphatic rings. The van der Waals surface area contributed by atoms with Gasteiger partial charge in [0.2, 0.25) is 10.0 Å². The fourth-order valence-electron chi connectivity index (χ4n) is 2.10. The molecule has 0 radical (unpaired) electrons. The number of nitrogens with one attached hydrogen (secondary N) is 2. The van der Waals surface area contributed by atoms with Gasteiger partial charge < -0.3 is 15.2 Å². The number of carboxylic acids is 1. The van der Waals surface area contributed by atoms with E-state index >= 15 is 0 Å². The van der Waals surface area contributed by atoms with E-state index in [0.717, 1.165) is 0 Å². The second-order valence-corrected chi connectivity index (χ2v) is 7.62. The number of sulfonamides is 1. The van der Waals surface area contributed by atoms with Crippen molar-refractivity contribution in [3.63, 3.8) is 0 Å². The summed E-state index contributed by atoms with van der Waals surface area (Å²) in [6.07, 6.45) is 0.188. The van der Waals surface area contributed by atoms with Crippen molar-refractivity contribution in [3.05, 3.63) is 29.8 Å². The Morgan fingerprint density at radius 2 is 2.00 bits per heavy atom. The summed E-state index contributed by atoms with van der Waals surface area (Å²) in [5.41, 5.74) is -0.784. The largest absolute Gasteiger partial charge is 0.481 e. The average Bonchev–Trinajstić information content (AvgIpc) is 2.54. The van der Waals surface area contributed by atoms with E-state index in [2.05, 4.69) is 10.0 Å². The Hall–Kier alpha value is -1.97. The third-order valence-corrected chi connectivity index (χ3v) is 5.20. The molecule has 0 heterocycles. The zero-order valence-corrected chi connectivity index (χ0v) is 15.4. The molecule has 0 aliphatic heterocycles. The van der Waals surface area contributed by atoms with Crippen molar-refractivity contribution in [2.24, 2.45) is 0 Å². The van der Waals surface area contributed by atoms with Gasteiger partial charge in [-0.1, -0.05) is 13.0 Å². The maximum Gasteiger partial charge on any atom is 0.305 e. The van der Waals surface area contributed by atoms with Gasteiger partial charge in [-0.15, -0.1) is 0 Å². The van der Waals surface area contributed by atoms with Crippen LogP contribution in [0.15, 0.2) is 29.2 Å². The zero-order chi connectivity index (χ0) is 19.1. The minimum atomic E-state index is -3.76. The van der Waals surface area contributed by atoms with Gasteiger partial charge in [0.1, 0.15) is 0 Å². The number of carbonyl (C=O) groups is 2. The average molecular weight is 372 g/mol. The molecule has 1 atom stereocenters. The lowest BCUT2D eigenvalue weighted by Crippen LogP contribution is -2.47. The minimum absolute atomic E-state index is 0.0484. The van der Waals surface area contributed by atoms with Crippen LogP contribution < -0.4 is 10.0 Å². The Balaban J connectivity index is 2.96. The first kappa shape index (κ1) is 21.1. The highest BCUT2D eigenvalue weighted by Gasteiger charge is 2.28. The van der Waals surface area contributed by atoms with E-state index in [-0.39, 0.29) is 30.0 Å². The number of aliphatic carboxylic acids is 1. The van der Waals surface area contributed by atoms with Crippen molar-refractivity contribution in [1.29, 1.82) is 0 Å². The van der Waals surface area contributed by atoms with E-state index in [4.69, 9.17) is 9.84 Å². The second kappa shape index (κ2) is 8.93. The monoisotopic (exact) mass is 372 g/mol. The number of amides is 1. The number of carboxylic acid groups (broad SMARTS) is 1. The molecule has 0 bridgehead atoms. The van der Waals surface area contributed by atoms with Gasteiger partial charge in [-0.05, 0) is 31.5 Å². The van der Waals surface area contributed by atoms with Crippen LogP contribution >= 0.6 is 0 Å². The van der Waals surface area contributed by atoms with Crippen LogP contribution in [0.25, 0.3) is 0 Å². The van der Waals surface area contributed by atoms with Gasteiger partial charge in [0, 0.05) is 24.8 Å². The molecule has 0 saturated heterocycles. The predicted octanol–water partition coefficient (Wildman–Crippen LogP) is 0.985. The van der Waals surface area contributed by atoms with Crippen LogP contribution in [0.1, 0.15) is 37.0 Å². The second-order valence-electron chi connectivity index (χ2n) is 5.86. The van der Waals surface area contributed by atoms with Gasteiger partial charge in [0.15, 0.2) is 0 Å². The molecule has 1 unspecified atom stereocenters. The lowest BCUT2D eigenvalue weighted by atomic mass is 9.94. The maximum absolute atomic E-state index is 12.4. The van der Waals surface area contributed by atoms with Crippen LogP contribution in [0.5, 0.6) is 0 Å². The van der Waals surface area contributed by atoms with Crippen LogP contribution in [0.3, 0.4) is 0 Å². The Bertz CT molecular complexity index is 719. The van der Waals surface area contributed by atoms with Crippen LogP contribution in [-0.4, -0.2) is 51.2 Å². The molecule has 0 spiro atoms. The molecule has 1 aromatic carbocycles. The first-order valence-electron chi connectivity index (χ1n) is 7.76. The number of benzene rings is 1. The summed E-state index contributed by atoms with van der Waals surface area (Å²) in [5, 5.41) is 11.6. The summed E-state index contributed by atoms with van der Waals surface area (Å²) in [4.78, 5) is 23.3. The maximum atomic E-state index is 12.4. The van der Waals surface area contributed by atoms with Crippen LogP contribution in [-0.2, 0) is 19.6 Å². The van der Waals surface area contributed by atoms with Gasteiger partial charge in [-0.25, -0.2) is 13.1 Å². The molecule has 0 saturated carbocycles. The molecule has 8 nitrogen and oxygen atoms in total. The van der Waals surface area contributed by atoms with Crippen LogP contribution in [0.4, 0.5) is 0 Å². The van der Waals surface area contributed by atoms with Crippen molar-refractivity contribution in [3.8, 4) is 0 Å². The fourth-order valence-corrected chi connectivity index (χ4v) is 3.16. The summed E-state index contributed by atoms with van der Waals surface area (Å²) in [7, 11) is -2.30. The summed E-state index contributed by atoms with van der Waals surface area (Å²) in [6.45, 7) is 3.74. The first-order chi connectivity index (χ1) is 11.6. The molecule has 1 rings (SSSR count). The smallest absolute Gasteiger partial charge is 0.305 e. The number of ether oxygens (including phenoxy) is 1. The zero-order valence-electron chi connectivity index (χ0n) is 14.5. The molecule has 0 fully saturated rings. The Labute approximate surface area is 147 Å². The Morgan fingerprint density at radius 3 is 2.56 bits per heavy atom. The molecule has 140 valence electrons. The van der Waals surface area contributed by atoms with Gasteiger partial charge in [0.05, 0.1) is 17.9 Å². The van der Waals surface area contributed by atoms with Crippen molar-refractivity contribution in [2.45, 2.75) is 37.1 Å². The topological polar surface area (TPSA) is 122 Å². The fraction of sp³-hybridized carbons (Fsp3) is 0.500. The van der Waals surface area contributed by atoms with E-state index < -0.39 is 27.4 Å².